The van der Waals surface area contributed by atoms with Crippen molar-refractivity contribution in [2.24, 2.45) is 4.99 Å². The molecule has 0 spiro atoms. The number of guanidine groups is 1. The molecule has 7 heteroatoms. The minimum atomic E-state index is -0.188. The molecule has 2 rings (SSSR count). The summed E-state index contributed by atoms with van der Waals surface area (Å²) in [4.78, 5) is 5.30. The van der Waals surface area contributed by atoms with Gasteiger partial charge >= 0.3 is 0 Å². The molecule has 0 bridgehead atoms. The van der Waals surface area contributed by atoms with Gasteiger partial charge in [0.05, 0.1) is 6.10 Å². The molecule has 0 saturated carbocycles. The average Bonchev–Trinajstić information content (AvgIpc) is 3.05. The Bertz CT molecular complexity index is 467. The highest BCUT2D eigenvalue weighted by atomic mass is 127. The number of hydrogen-bond donors (Lipinski definition) is 2. The Morgan fingerprint density at radius 3 is 2.78 bits per heavy atom. The fraction of sp³-hybridized carbons (Fsp3) is 0.562. The smallest absolute Gasteiger partial charge is 0.191 e. The first kappa shape index (κ1) is 20.5. The van der Waals surface area contributed by atoms with Crippen molar-refractivity contribution in [1.29, 1.82) is 0 Å². The molecule has 0 radical (unpaired) electrons. The predicted molar refractivity (Wildman–Crippen MR) is 105 cm³/mol. The summed E-state index contributed by atoms with van der Waals surface area (Å²) in [5.41, 5.74) is 0. The summed E-state index contributed by atoms with van der Waals surface area (Å²) in [6.07, 6.45) is 3.60. The molecule has 0 aliphatic carbocycles. The Morgan fingerprint density at radius 1 is 1.35 bits per heavy atom. The van der Waals surface area contributed by atoms with Crippen LogP contribution >= 0.6 is 35.7 Å². The van der Waals surface area contributed by atoms with E-state index in [0.717, 1.165) is 55.6 Å². The van der Waals surface area contributed by atoms with Crippen LogP contribution in [0.4, 0.5) is 4.39 Å². The van der Waals surface area contributed by atoms with E-state index in [1.54, 1.807) is 18.8 Å². The van der Waals surface area contributed by atoms with E-state index < -0.39 is 0 Å². The van der Waals surface area contributed by atoms with Crippen molar-refractivity contribution in [2.75, 3.05) is 32.5 Å². The predicted octanol–water partition coefficient (Wildman–Crippen LogP) is 3.27. The van der Waals surface area contributed by atoms with Crippen molar-refractivity contribution in [2.45, 2.75) is 30.3 Å². The van der Waals surface area contributed by atoms with Crippen molar-refractivity contribution in [3.8, 4) is 0 Å². The van der Waals surface area contributed by atoms with Gasteiger partial charge in [-0.15, -0.1) is 35.7 Å². The fourth-order valence-corrected chi connectivity index (χ4v) is 3.09. The maximum Gasteiger partial charge on any atom is 0.191 e. The second kappa shape index (κ2) is 11.9. The van der Waals surface area contributed by atoms with E-state index in [2.05, 4.69) is 15.6 Å². The van der Waals surface area contributed by atoms with E-state index in [9.17, 15) is 4.39 Å². The SMILES string of the molecule is CN=C(NCCCSc1ccc(F)cc1)NCC1CCCO1.I. The average molecular weight is 453 g/mol. The van der Waals surface area contributed by atoms with E-state index in [1.807, 2.05) is 12.1 Å². The molecule has 1 unspecified atom stereocenters. The van der Waals surface area contributed by atoms with Crippen molar-refractivity contribution >= 4 is 41.7 Å². The number of halogens is 2. The zero-order chi connectivity index (χ0) is 15.6. The molecule has 1 saturated heterocycles. The number of benzene rings is 1. The molecule has 1 aromatic carbocycles. The molecule has 0 aromatic heterocycles. The number of nitrogens with zero attached hydrogens (tertiary/aromatic N) is 1. The lowest BCUT2D eigenvalue weighted by Gasteiger charge is -2.14. The van der Waals surface area contributed by atoms with Gasteiger partial charge in [-0.3, -0.25) is 4.99 Å². The molecule has 1 aliphatic rings. The Hall–Kier alpha value is -0.540. The van der Waals surface area contributed by atoms with Gasteiger partial charge in [0.25, 0.3) is 0 Å². The largest absolute Gasteiger partial charge is 0.376 e. The van der Waals surface area contributed by atoms with Gasteiger partial charge in [0.1, 0.15) is 5.82 Å². The molecule has 4 nitrogen and oxygen atoms in total. The quantitative estimate of drug-likeness (QED) is 0.219. The van der Waals surface area contributed by atoms with Crippen LogP contribution in [0.2, 0.25) is 0 Å². The summed E-state index contributed by atoms with van der Waals surface area (Å²) < 4.78 is 18.4. The first-order valence-electron chi connectivity index (χ1n) is 7.72. The van der Waals surface area contributed by atoms with Crippen molar-refractivity contribution in [3.63, 3.8) is 0 Å². The van der Waals surface area contributed by atoms with Crippen LogP contribution in [-0.4, -0.2) is 44.6 Å². The molecule has 1 heterocycles. The van der Waals surface area contributed by atoms with E-state index in [1.165, 1.54) is 12.1 Å². The molecular formula is C16H25FIN3OS. The monoisotopic (exact) mass is 453 g/mol. The van der Waals surface area contributed by atoms with Gasteiger partial charge in [0, 0.05) is 31.6 Å². The van der Waals surface area contributed by atoms with Crippen LogP contribution in [0.1, 0.15) is 19.3 Å². The third kappa shape index (κ3) is 8.21. The summed E-state index contributed by atoms with van der Waals surface area (Å²) >= 11 is 1.74. The van der Waals surface area contributed by atoms with E-state index in [4.69, 9.17) is 4.74 Å². The van der Waals surface area contributed by atoms with Gasteiger partial charge in [-0.25, -0.2) is 4.39 Å². The lowest BCUT2D eigenvalue weighted by atomic mass is 10.2. The van der Waals surface area contributed by atoms with Crippen LogP contribution in [0.15, 0.2) is 34.2 Å². The number of rotatable bonds is 7. The number of thioether (sulfide) groups is 1. The third-order valence-corrected chi connectivity index (χ3v) is 4.54. The van der Waals surface area contributed by atoms with Crippen LogP contribution in [0.3, 0.4) is 0 Å². The molecular weight excluding hydrogens is 428 g/mol. The van der Waals surface area contributed by atoms with Crippen molar-refractivity contribution in [1.82, 2.24) is 10.6 Å². The lowest BCUT2D eigenvalue weighted by Crippen LogP contribution is -2.41. The summed E-state index contributed by atoms with van der Waals surface area (Å²) in [5.74, 6) is 1.62. The van der Waals surface area contributed by atoms with E-state index >= 15 is 0 Å². The van der Waals surface area contributed by atoms with E-state index in [-0.39, 0.29) is 29.8 Å². The van der Waals surface area contributed by atoms with Gasteiger partial charge in [0.15, 0.2) is 5.96 Å². The normalized spacial score (nSPS) is 17.7. The number of hydrogen-bond acceptors (Lipinski definition) is 3. The van der Waals surface area contributed by atoms with Gasteiger partial charge in [-0.05, 0) is 49.3 Å². The van der Waals surface area contributed by atoms with Crippen LogP contribution < -0.4 is 10.6 Å². The zero-order valence-corrected chi connectivity index (χ0v) is 16.5. The Balaban J connectivity index is 0.00000264. The van der Waals surface area contributed by atoms with Crippen LogP contribution in [0.5, 0.6) is 0 Å². The molecule has 1 aliphatic heterocycles. The Morgan fingerprint density at radius 2 is 2.13 bits per heavy atom. The molecule has 1 aromatic rings. The minimum Gasteiger partial charge on any atom is -0.376 e. The van der Waals surface area contributed by atoms with Gasteiger partial charge in [-0.1, -0.05) is 0 Å². The third-order valence-electron chi connectivity index (χ3n) is 3.44. The molecule has 130 valence electrons. The summed E-state index contributed by atoms with van der Waals surface area (Å²) in [6, 6.07) is 6.62. The van der Waals surface area contributed by atoms with Crippen LogP contribution in [0.25, 0.3) is 0 Å². The topological polar surface area (TPSA) is 45.7 Å². The van der Waals surface area contributed by atoms with Crippen LogP contribution in [-0.2, 0) is 4.74 Å². The molecule has 2 N–H and O–H groups in total. The standard InChI is InChI=1S/C16H24FN3OS.HI/c1-18-16(20-12-14-4-2-10-21-14)19-9-3-11-22-15-7-5-13(17)6-8-15;/h5-8,14H,2-4,9-12H2,1H3,(H2,18,19,20);1H. The highest BCUT2D eigenvalue weighted by Gasteiger charge is 2.15. The molecule has 1 fully saturated rings. The number of nitrogens with one attached hydrogen (secondary N) is 2. The Labute approximate surface area is 159 Å². The first-order valence-corrected chi connectivity index (χ1v) is 8.71. The van der Waals surface area contributed by atoms with Gasteiger partial charge < -0.3 is 15.4 Å². The Kier molecular flexibility index (Phi) is 10.6. The number of aliphatic imine (C=N–C) groups is 1. The highest BCUT2D eigenvalue weighted by Crippen LogP contribution is 2.18. The second-order valence-corrected chi connectivity index (χ2v) is 6.34. The maximum atomic E-state index is 12.8. The van der Waals surface area contributed by atoms with Crippen molar-refractivity contribution < 1.29 is 9.13 Å². The fourth-order valence-electron chi connectivity index (χ4n) is 2.24. The molecule has 23 heavy (non-hydrogen) atoms. The van der Waals surface area contributed by atoms with E-state index in [0.29, 0.717) is 6.10 Å². The molecule has 1 atom stereocenters. The number of ether oxygens (including phenoxy) is 1. The lowest BCUT2D eigenvalue weighted by molar-refractivity contribution is 0.114. The van der Waals surface area contributed by atoms with Crippen molar-refractivity contribution in [3.05, 3.63) is 30.1 Å². The highest BCUT2D eigenvalue weighted by molar-refractivity contribution is 14.0. The van der Waals surface area contributed by atoms with Gasteiger partial charge in [-0.2, -0.15) is 0 Å². The summed E-state index contributed by atoms with van der Waals surface area (Å²) in [5, 5.41) is 6.59. The summed E-state index contributed by atoms with van der Waals surface area (Å²) in [6.45, 7) is 2.54. The maximum absolute atomic E-state index is 12.8. The minimum absolute atomic E-state index is 0. The summed E-state index contributed by atoms with van der Waals surface area (Å²) in [7, 11) is 1.78. The second-order valence-electron chi connectivity index (χ2n) is 5.17. The zero-order valence-electron chi connectivity index (χ0n) is 13.4. The van der Waals surface area contributed by atoms with Gasteiger partial charge in [0.2, 0.25) is 0 Å². The first-order chi connectivity index (χ1) is 10.8. The van der Waals surface area contributed by atoms with Crippen LogP contribution in [0, 0.1) is 5.82 Å². The molecule has 0 amide bonds.